The van der Waals surface area contributed by atoms with Gasteiger partial charge in [-0.25, -0.2) is 0 Å². The minimum Gasteiger partial charge on any atom is -0.0622 e. The van der Waals surface area contributed by atoms with E-state index in [4.69, 9.17) is 0 Å². The molecule has 0 unspecified atom stereocenters. The third kappa shape index (κ3) is 4.69. The Labute approximate surface area is 291 Å². The first-order valence-corrected chi connectivity index (χ1v) is 17.3. The highest BCUT2D eigenvalue weighted by Gasteiger charge is 2.17. The van der Waals surface area contributed by atoms with Crippen LogP contribution in [0.1, 0.15) is 0 Å². The van der Waals surface area contributed by atoms with Gasteiger partial charge in [-0.05, 0) is 123 Å². The topological polar surface area (TPSA) is 0 Å². The Morgan fingerprint density at radius 2 is 0.600 bits per heavy atom. The summed E-state index contributed by atoms with van der Waals surface area (Å²) in [5, 5.41) is 12.6. The largest absolute Gasteiger partial charge is 0.0622 e. The van der Waals surface area contributed by atoms with E-state index in [1.165, 1.54) is 98.4 Å². The predicted molar refractivity (Wildman–Crippen MR) is 216 cm³/mol. The van der Waals surface area contributed by atoms with Crippen molar-refractivity contribution in [1.82, 2.24) is 0 Å². The summed E-state index contributed by atoms with van der Waals surface area (Å²) in [6.45, 7) is 0. The fraction of sp³-hybridized carbons (Fsp3) is 0. The fourth-order valence-corrected chi connectivity index (χ4v) is 8.01. The molecule has 10 aromatic rings. The van der Waals surface area contributed by atoms with Gasteiger partial charge in [-0.1, -0.05) is 170 Å². The molecular formula is C50H32. The lowest BCUT2D eigenvalue weighted by atomic mass is 9.85. The van der Waals surface area contributed by atoms with Crippen LogP contribution in [0.4, 0.5) is 0 Å². The monoisotopic (exact) mass is 632 g/mol. The van der Waals surface area contributed by atoms with E-state index in [2.05, 4.69) is 194 Å². The molecule has 0 radical (unpaired) electrons. The van der Waals surface area contributed by atoms with E-state index in [-0.39, 0.29) is 0 Å². The first kappa shape index (κ1) is 28.5. The van der Waals surface area contributed by atoms with Gasteiger partial charge in [-0.2, -0.15) is 0 Å². The second-order valence-electron chi connectivity index (χ2n) is 13.3. The third-order valence-corrected chi connectivity index (χ3v) is 10.4. The normalized spacial score (nSPS) is 11.6. The molecule has 0 aliphatic rings. The predicted octanol–water partition coefficient (Wildman–Crippen LogP) is 14.1. The average Bonchev–Trinajstić information content (AvgIpc) is 3.19. The molecule has 10 rings (SSSR count). The molecule has 0 saturated heterocycles. The van der Waals surface area contributed by atoms with Gasteiger partial charge in [-0.3, -0.25) is 0 Å². The van der Waals surface area contributed by atoms with E-state index in [0.717, 1.165) is 0 Å². The van der Waals surface area contributed by atoms with Crippen molar-refractivity contribution in [1.29, 1.82) is 0 Å². The summed E-state index contributed by atoms with van der Waals surface area (Å²) in [5.74, 6) is 0. The van der Waals surface area contributed by atoms with Crippen molar-refractivity contribution in [2.45, 2.75) is 0 Å². The Hall–Kier alpha value is -6.50. The SMILES string of the molecule is c1ccc(-c2ccc3cc(-c4c5ccccc5c(-c5ccc6cc(-c7cccc8ccccc78)ccc6c5)c5ccccc45)ccc3c2)cc1. The molecule has 0 spiro atoms. The summed E-state index contributed by atoms with van der Waals surface area (Å²) in [4.78, 5) is 0. The number of hydrogen-bond donors (Lipinski definition) is 0. The van der Waals surface area contributed by atoms with Gasteiger partial charge in [0.1, 0.15) is 0 Å². The van der Waals surface area contributed by atoms with Crippen LogP contribution >= 0.6 is 0 Å². The molecule has 0 aliphatic heterocycles. The van der Waals surface area contributed by atoms with Crippen molar-refractivity contribution in [2.24, 2.45) is 0 Å². The molecule has 0 saturated carbocycles. The first-order chi connectivity index (χ1) is 24.8. The zero-order valence-corrected chi connectivity index (χ0v) is 27.5. The van der Waals surface area contributed by atoms with Gasteiger partial charge in [0.15, 0.2) is 0 Å². The van der Waals surface area contributed by atoms with E-state index in [0.29, 0.717) is 0 Å². The molecule has 0 nitrogen and oxygen atoms in total. The average molecular weight is 633 g/mol. The summed E-state index contributed by atoms with van der Waals surface area (Å²) in [6.07, 6.45) is 0. The van der Waals surface area contributed by atoms with E-state index >= 15 is 0 Å². The summed E-state index contributed by atoms with van der Waals surface area (Å²) in [5.41, 5.74) is 10.0. The van der Waals surface area contributed by atoms with Gasteiger partial charge in [0.2, 0.25) is 0 Å². The Bertz CT molecular complexity index is 2850. The lowest BCUT2D eigenvalue weighted by Crippen LogP contribution is -1.91. The van der Waals surface area contributed by atoms with Gasteiger partial charge < -0.3 is 0 Å². The highest BCUT2D eigenvalue weighted by atomic mass is 14.2. The molecule has 0 N–H and O–H groups in total. The molecule has 10 aromatic carbocycles. The molecule has 0 amide bonds. The van der Waals surface area contributed by atoms with Gasteiger partial charge in [-0.15, -0.1) is 0 Å². The van der Waals surface area contributed by atoms with Crippen LogP contribution in [0.3, 0.4) is 0 Å². The second kappa shape index (κ2) is 11.6. The quantitative estimate of drug-likeness (QED) is 0.169. The maximum atomic E-state index is 2.37. The van der Waals surface area contributed by atoms with Gasteiger partial charge in [0, 0.05) is 0 Å². The Kier molecular flexibility index (Phi) is 6.60. The number of rotatable bonds is 4. The number of fused-ring (bicyclic) bond motifs is 5. The maximum Gasteiger partial charge on any atom is -0.00262 e. The van der Waals surface area contributed by atoms with Crippen LogP contribution in [0, 0.1) is 0 Å². The second-order valence-corrected chi connectivity index (χ2v) is 13.3. The van der Waals surface area contributed by atoms with Gasteiger partial charge in [0.05, 0.1) is 0 Å². The zero-order chi connectivity index (χ0) is 33.0. The Morgan fingerprint density at radius 1 is 0.200 bits per heavy atom. The van der Waals surface area contributed by atoms with Crippen LogP contribution in [0.25, 0.3) is 98.4 Å². The lowest BCUT2D eigenvalue weighted by Gasteiger charge is -2.18. The summed E-state index contributed by atoms with van der Waals surface area (Å²) >= 11 is 0. The van der Waals surface area contributed by atoms with Gasteiger partial charge in [0.25, 0.3) is 0 Å². The van der Waals surface area contributed by atoms with E-state index in [1.807, 2.05) is 0 Å². The van der Waals surface area contributed by atoms with Crippen molar-refractivity contribution in [2.75, 3.05) is 0 Å². The lowest BCUT2D eigenvalue weighted by molar-refractivity contribution is 1.64. The molecule has 0 aliphatic carbocycles. The van der Waals surface area contributed by atoms with E-state index in [1.54, 1.807) is 0 Å². The molecule has 232 valence electrons. The number of benzene rings is 10. The number of hydrogen-bond acceptors (Lipinski definition) is 0. The fourth-order valence-electron chi connectivity index (χ4n) is 8.01. The maximum absolute atomic E-state index is 2.37. The van der Waals surface area contributed by atoms with Crippen LogP contribution in [0.5, 0.6) is 0 Å². The summed E-state index contributed by atoms with van der Waals surface area (Å²) in [6, 6.07) is 71.3. The molecule has 0 aromatic heterocycles. The highest BCUT2D eigenvalue weighted by molar-refractivity contribution is 6.22. The van der Waals surface area contributed by atoms with Crippen molar-refractivity contribution < 1.29 is 0 Å². The van der Waals surface area contributed by atoms with Crippen molar-refractivity contribution in [3.05, 3.63) is 194 Å². The molecular weight excluding hydrogens is 601 g/mol. The van der Waals surface area contributed by atoms with E-state index in [9.17, 15) is 0 Å². The molecule has 0 fully saturated rings. The van der Waals surface area contributed by atoms with Gasteiger partial charge >= 0.3 is 0 Å². The standard InChI is InChI=1S/C50H32/c1-2-11-33(12-3-1)35-21-22-38-31-41(27-24-36(38)29-35)49-45-16-6-8-18-47(45)50(48-19-9-7-17-46(48)49)42-28-25-37-30-40(26-23-39(37)32-42)44-20-10-14-34-13-4-5-15-43(34)44/h1-32H. The Balaban J connectivity index is 1.12. The van der Waals surface area contributed by atoms with Crippen LogP contribution in [0.2, 0.25) is 0 Å². The van der Waals surface area contributed by atoms with Crippen LogP contribution in [-0.4, -0.2) is 0 Å². The Morgan fingerprint density at radius 3 is 1.16 bits per heavy atom. The van der Waals surface area contributed by atoms with Crippen molar-refractivity contribution in [3.63, 3.8) is 0 Å². The van der Waals surface area contributed by atoms with Crippen LogP contribution < -0.4 is 0 Å². The molecule has 0 bridgehead atoms. The van der Waals surface area contributed by atoms with Crippen LogP contribution in [-0.2, 0) is 0 Å². The summed E-state index contributed by atoms with van der Waals surface area (Å²) in [7, 11) is 0. The zero-order valence-electron chi connectivity index (χ0n) is 27.5. The highest BCUT2D eigenvalue weighted by Crippen LogP contribution is 2.45. The summed E-state index contributed by atoms with van der Waals surface area (Å²) < 4.78 is 0. The smallest absolute Gasteiger partial charge is 0.00262 e. The van der Waals surface area contributed by atoms with Crippen molar-refractivity contribution >= 4 is 53.9 Å². The third-order valence-electron chi connectivity index (χ3n) is 10.4. The molecule has 0 heterocycles. The minimum atomic E-state index is 1.24. The van der Waals surface area contributed by atoms with Crippen LogP contribution in [0.15, 0.2) is 194 Å². The first-order valence-electron chi connectivity index (χ1n) is 17.3. The minimum absolute atomic E-state index is 1.24. The van der Waals surface area contributed by atoms with Crippen molar-refractivity contribution in [3.8, 4) is 44.5 Å². The molecule has 0 atom stereocenters. The van der Waals surface area contributed by atoms with E-state index < -0.39 is 0 Å². The molecule has 50 heavy (non-hydrogen) atoms. The molecule has 0 heteroatoms.